The van der Waals surface area contributed by atoms with Gasteiger partial charge >= 0.3 is 0 Å². The summed E-state index contributed by atoms with van der Waals surface area (Å²) in [7, 11) is 0. The minimum atomic E-state index is -0.618. The molecule has 2 bridgehead atoms. The van der Waals surface area contributed by atoms with Crippen molar-refractivity contribution in [1.29, 1.82) is 0 Å². The SMILES string of the molecule is C[C@H]1NC[C@H]2CC[C@@H]1N2Cc1ncc(F)cc1F. The Morgan fingerprint density at radius 1 is 1.44 bits per heavy atom. The summed E-state index contributed by atoms with van der Waals surface area (Å²) in [6.07, 6.45) is 3.37. The van der Waals surface area contributed by atoms with Gasteiger partial charge in [-0.3, -0.25) is 9.88 Å². The van der Waals surface area contributed by atoms with E-state index in [1.54, 1.807) is 0 Å². The Hall–Kier alpha value is -1.07. The molecule has 3 atom stereocenters. The lowest BCUT2D eigenvalue weighted by molar-refractivity contribution is 0.111. The molecule has 5 heteroatoms. The largest absolute Gasteiger partial charge is 0.311 e. The molecule has 2 aliphatic rings. The quantitative estimate of drug-likeness (QED) is 0.869. The molecule has 1 aromatic rings. The fourth-order valence-corrected chi connectivity index (χ4v) is 3.16. The molecule has 3 nitrogen and oxygen atoms in total. The first kappa shape index (κ1) is 12.0. The predicted molar refractivity (Wildman–Crippen MR) is 64.0 cm³/mol. The lowest BCUT2D eigenvalue weighted by atomic mass is 10.1. The molecule has 0 unspecified atom stereocenters. The molecule has 2 saturated heterocycles. The van der Waals surface area contributed by atoms with E-state index in [2.05, 4.69) is 22.1 Å². The number of pyridine rings is 1. The zero-order valence-corrected chi connectivity index (χ0v) is 10.4. The number of aromatic nitrogens is 1. The third-order valence-corrected chi connectivity index (χ3v) is 4.16. The molecule has 0 amide bonds. The van der Waals surface area contributed by atoms with Crippen molar-refractivity contribution in [3.63, 3.8) is 0 Å². The van der Waals surface area contributed by atoms with Crippen LogP contribution in [0.25, 0.3) is 0 Å². The normalized spacial score (nSPS) is 31.8. The standard InChI is InChI=1S/C13H17F2N3/c1-8-13-3-2-10(6-16-8)18(13)7-12-11(15)4-9(14)5-17-12/h4-5,8,10,13,16H,2-3,6-7H2,1H3/t8-,10-,13+/m1/s1. The molecule has 0 radical (unpaired) electrons. The highest BCUT2D eigenvalue weighted by Gasteiger charge is 2.40. The van der Waals surface area contributed by atoms with Crippen LogP contribution in [0.2, 0.25) is 0 Å². The van der Waals surface area contributed by atoms with Crippen LogP contribution in [0.15, 0.2) is 12.3 Å². The number of nitrogens with one attached hydrogen (secondary N) is 1. The lowest BCUT2D eigenvalue weighted by Gasteiger charge is -2.39. The number of halogens is 2. The average molecular weight is 253 g/mol. The first-order chi connectivity index (χ1) is 8.65. The van der Waals surface area contributed by atoms with Crippen LogP contribution >= 0.6 is 0 Å². The van der Waals surface area contributed by atoms with Crippen LogP contribution in [0.1, 0.15) is 25.5 Å². The highest BCUT2D eigenvalue weighted by molar-refractivity contribution is 5.10. The van der Waals surface area contributed by atoms with E-state index >= 15 is 0 Å². The van der Waals surface area contributed by atoms with Gasteiger partial charge in [0.25, 0.3) is 0 Å². The van der Waals surface area contributed by atoms with Gasteiger partial charge in [0.2, 0.25) is 0 Å². The Balaban J connectivity index is 1.80. The summed E-state index contributed by atoms with van der Waals surface area (Å²) >= 11 is 0. The zero-order chi connectivity index (χ0) is 12.7. The first-order valence-corrected chi connectivity index (χ1v) is 6.44. The summed E-state index contributed by atoms with van der Waals surface area (Å²) in [4.78, 5) is 6.19. The van der Waals surface area contributed by atoms with Gasteiger partial charge in [0, 0.05) is 37.3 Å². The number of hydrogen-bond acceptors (Lipinski definition) is 3. The number of fused-ring (bicyclic) bond motifs is 2. The van der Waals surface area contributed by atoms with Gasteiger partial charge in [-0.15, -0.1) is 0 Å². The number of hydrogen-bond donors (Lipinski definition) is 1. The van der Waals surface area contributed by atoms with Crippen molar-refractivity contribution >= 4 is 0 Å². The van der Waals surface area contributed by atoms with Crippen LogP contribution in [0.5, 0.6) is 0 Å². The summed E-state index contributed by atoms with van der Waals surface area (Å²) in [5.74, 6) is -1.16. The second kappa shape index (κ2) is 4.55. The Morgan fingerprint density at radius 3 is 3.06 bits per heavy atom. The first-order valence-electron chi connectivity index (χ1n) is 6.44. The second-order valence-corrected chi connectivity index (χ2v) is 5.25. The molecule has 1 N–H and O–H groups in total. The van der Waals surface area contributed by atoms with E-state index in [9.17, 15) is 8.78 Å². The maximum Gasteiger partial charge on any atom is 0.148 e. The van der Waals surface area contributed by atoms with E-state index in [1.807, 2.05) is 0 Å². The molecule has 0 aromatic carbocycles. The Morgan fingerprint density at radius 2 is 2.28 bits per heavy atom. The fourth-order valence-electron chi connectivity index (χ4n) is 3.16. The molecule has 98 valence electrons. The zero-order valence-electron chi connectivity index (χ0n) is 10.4. The predicted octanol–water partition coefficient (Wildman–Crippen LogP) is 1.68. The molecule has 3 heterocycles. The summed E-state index contributed by atoms with van der Waals surface area (Å²) < 4.78 is 26.5. The topological polar surface area (TPSA) is 28.2 Å². The van der Waals surface area contributed by atoms with Crippen molar-refractivity contribution in [3.8, 4) is 0 Å². The van der Waals surface area contributed by atoms with Gasteiger partial charge in [0.15, 0.2) is 0 Å². The van der Waals surface area contributed by atoms with E-state index < -0.39 is 11.6 Å². The highest BCUT2D eigenvalue weighted by Crippen LogP contribution is 2.31. The maximum atomic E-state index is 13.6. The second-order valence-electron chi connectivity index (χ2n) is 5.25. The Kier molecular flexibility index (Phi) is 3.03. The van der Waals surface area contributed by atoms with Gasteiger partial charge in [-0.1, -0.05) is 0 Å². The molecular weight excluding hydrogens is 236 g/mol. The van der Waals surface area contributed by atoms with Gasteiger partial charge in [-0.05, 0) is 19.8 Å². The summed E-state index contributed by atoms with van der Waals surface area (Å²) in [6.45, 7) is 3.58. The Bertz CT molecular complexity index is 452. The van der Waals surface area contributed by atoms with Crippen LogP contribution in [0, 0.1) is 11.6 Å². The van der Waals surface area contributed by atoms with Gasteiger partial charge in [-0.25, -0.2) is 8.78 Å². The van der Waals surface area contributed by atoms with E-state index in [0.717, 1.165) is 31.6 Å². The van der Waals surface area contributed by atoms with Crippen molar-refractivity contribution in [2.45, 2.75) is 44.4 Å². The molecule has 0 saturated carbocycles. The maximum absolute atomic E-state index is 13.6. The van der Waals surface area contributed by atoms with E-state index in [1.165, 1.54) is 0 Å². The third-order valence-electron chi connectivity index (χ3n) is 4.16. The molecule has 0 aliphatic carbocycles. The molecular formula is C13H17F2N3. The van der Waals surface area contributed by atoms with E-state index in [4.69, 9.17) is 0 Å². The number of piperazine rings is 1. The smallest absolute Gasteiger partial charge is 0.148 e. The van der Waals surface area contributed by atoms with Crippen LogP contribution in [-0.2, 0) is 6.54 Å². The highest BCUT2D eigenvalue weighted by atomic mass is 19.1. The molecule has 2 fully saturated rings. The van der Waals surface area contributed by atoms with E-state index in [0.29, 0.717) is 30.4 Å². The van der Waals surface area contributed by atoms with Crippen LogP contribution < -0.4 is 5.32 Å². The van der Waals surface area contributed by atoms with Crippen molar-refractivity contribution in [3.05, 3.63) is 29.6 Å². The van der Waals surface area contributed by atoms with Gasteiger partial charge < -0.3 is 5.32 Å². The van der Waals surface area contributed by atoms with Gasteiger partial charge in [0.05, 0.1) is 11.9 Å². The molecule has 3 rings (SSSR count). The van der Waals surface area contributed by atoms with Crippen LogP contribution in [0.3, 0.4) is 0 Å². The Labute approximate surface area is 105 Å². The van der Waals surface area contributed by atoms with E-state index in [-0.39, 0.29) is 0 Å². The molecule has 0 spiro atoms. The van der Waals surface area contributed by atoms with Gasteiger partial charge in [-0.2, -0.15) is 0 Å². The van der Waals surface area contributed by atoms with Crippen molar-refractivity contribution in [2.75, 3.05) is 6.54 Å². The fraction of sp³-hybridized carbons (Fsp3) is 0.615. The van der Waals surface area contributed by atoms with Crippen LogP contribution in [0.4, 0.5) is 8.78 Å². The summed E-state index contributed by atoms with van der Waals surface area (Å²) in [6, 6.07) is 2.23. The average Bonchev–Trinajstić information content (AvgIpc) is 2.62. The molecule has 1 aromatic heterocycles. The van der Waals surface area contributed by atoms with Crippen LogP contribution in [-0.4, -0.2) is 34.6 Å². The van der Waals surface area contributed by atoms with Crippen molar-refractivity contribution in [1.82, 2.24) is 15.2 Å². The molecule has 18 heavy (non-hydrogen) atoms. The number of rotatable bonds is 2. The lowest BCUT2D eigenvalue weighted by Crippen LogP contribution is -2.56. The summed E-state index contributed by atoms with van der Waals surface area (Å²) in [5.41, 5.74) is 0.349. The van der Waals surface area contributed by atoms with Gasteiger partial charge in [0.1, 0.15) is 11.6 Å². The summed E-state index contributed by atoms with van der Waals surface area (Å²) in [5, 5.41) is 3.47. The minimum Gasteiger partial charge on any atom is -0.311 e. The minimum absolute atomic E-state index is 0.349. The third kappa shape index (κ3) is 2.01. The monoisotopic (exact) mass is 253 g/mol. The molecule has 2 aliphatic heterocycles. The van der Waals surface area contributed by atoms with Crippen molar-refractivity contribution in [2.24, 2.45) is 0 Å². The van der Waals surface area contributed by atoms with Crippen molar-refractivity contribution < 1.29 is 8.78 Å². The number of nitrogens with zero attached hydrogens (tertiary/aromatic N) is 2.